The van der Waals surface area contributed by atoms with E-state index in [4.69, 9.17) is 4.74 Å². The van der Waals surface area contributed by atoms with Gasteiger partial charge in [0, 0.05) is 11.6 Å². The largest absolute Gasteiger partial charge is 0.480 e. The number of carbonyl (C=O) groups is 1. The Morgan fingerprint density at radius 2 is 2.13 bits per heavy atom. The Balaban J connectivity index is 2.29. The Kier molecular flexibility index (Phi) is 2.99. The maximum Gasteiger partial charge on any atom is 0.224 e. The van der Waals surface area contributed by atoms with Gasteiger partial charge in [-0.15, -0.1) is 0 Å². The van der Waals surface area contributed by atoms with Crippen molar-refractivity contribution in [3.8, 4) is 5.88 Å². The molecule has 1 saturated carbocycles. The Morgan fingerprint density at radius 1 is 1.40 bits per heavy atom. The summed E-state index contributed by atoms with van der Waals surface area (Å²) in [6.45, 7) is 0. The first kappa shape index (κ1) is 10.1. The van der Waals surface area contributed by atoms with Gasteiger partial charge in [0.15, 0.2) is 6.29 Å². The predicted molar refractivity (Wildman–Crippen MR) is 57.4 cm³/mol. The van der Waals surface area contributed by atoms with Crippen LogP contribution in [0.3, 0.4) is 0 Å². The standard InChI is InChI=1S/C12H15NO2/c1-15-12-10(8-14)6-7-11(13-12)9-4-2-3-5-9/h6-9H,2-5H2,1H3. The molecule has 0 aromatic carbocycles. The normalized spacial score (nSPS) is 16.6. The minimum absolute atomic E-state index is 0.453. The minimum Gasteiger partial charge on any atom is -0.480 e. The van der Waals surface area contributed by atoms with Crippen molar-refractivity contribution in [2.24, 2.45) is 0 Å². The van der Waals surface area contributed by atoms with E-state index in [-0.39, 0.29) is 0 Å². The molecule has 0 spiro atoms. The number of pyridine rings is 1. The summed E-state index contributed by atoms with van der Waals surface area (Å²) in [6, 6.07) is 3.74. The molecule has 0 bridgehead atoms. The maximum absolute atomic E-state index is 10.7. The van der Waals surface area contributed by atoms with Gasteiger partial charge < -0.3 is 4.74 Å². The highest BCUT2D eigenvalue weighted by Crippen LogP contribution is 2.34. The number of nitrogens with zero attached hydrogens (tertiary/aromatic N) is 1. The molecule has 1 fully saturated rings. The lowest BCUT2D eigenvalue weighted by atomic mass is 10.0. The number of aromatic nitrogens is 1. The van der Waals surface area contributed by atoms with E-state index < -0.39 is 0 Å². The Hall–Kier alpha value is -1.38. The van der Waals surface area contributed by atoms with Gasteiger partial charge in [-0.3, -0.25) is 4.79 Å². The second kappa shape index (κ2) is 4.43. The molecular formula is C12H15NO2. The van der Waals surface area contributed by atoms with Crippen molar-refractivity contribution in [1.29, 1.82) is 0 Å². The number of methoxy groups -OCH3 is 1. The molecule has 0 radical (unpaired) electrons. The van der Waals surface area contributed by atoms with Gasteiger partial charge in [0.05, 0.1) is 12.7 Å². The molecule has 1 aliphatic carbocycles. The third-order valence-electron chi connectivity index (χ3n) is 3.01. The summed E-state index contributed by atoms with van der Waals surface area (Å²) in [7, 11) is 1.55. The zero-order valence-corrected chi connectivity index (χ0v) is 8.90. The van der Waals surface area contributed by atoms with Gasteiger partial charge in [-0.1, -0.05) is 12.8 Å². The first-order valence-corrected chi connectivity index (χ1v) is 5.35. The van der Waals surface area contributed by atoms with Crippen molar-refractivity contribution < 1.29 is 9.53 Å². The predicted octanol–water partition coefficient (Wildman–Crippen LogP) is 2.56. The fourth-order valence-electron chi connectivity index (χ4n) is 2.17. The van der Waals surface area contributed by atoms with Crippen LogP contribution in [0.15, 0.2) is 12.1 Å². The van der Waals surface area contributed by atoms with Crippen LogP contribution < -0.4 is 4.74 Å². The van der Waals surface area contributed by atoms with Gasteiger partial charge in [0.1, 0.15) is 0 Å². The van der Waals surface area contributed by atoms with Gasteiger partial charge in [-0.05, 0) is 25.0 Å². The highest BCUT2D eigenvalue weighted by Gasteiger charge is 2.19. The Bertz CT molecular complexity index is 357. The summed E-state index contributed by atoms with van der Waals surface area (Å²) in [5, 5.41) is 0. The van der Waals surface area contributed by atoms with Crippen LogP contribution in [0.4, 0.5) is 0 Å². The lowest BCUT2D eigenvalue weighted by Crippen LogP contribution is -2.01. The van der Waals surface area contributed by atoms with Crippen LogP contribution in [-0.2, 0) is 0 Å². The number of hydrogen-bond acceptors (Lipinski definition) is 3. The van der Waals surface area contributed by atoms with E-state index in [1.54, 1.807) is 13.2 Å². The average molecular weight is 205 g/mol. The lowest BCUT2D eigenvalue weighted by molar-refractivity contribution is 0.112. The molecule has 1 aromatic heterocycles. The summed E-state index contributed by atoms with van der Waals surface area (Å²) in [4.78, 5) is 15.1. The summed E-state index contributed by atoms with van der Waals surface area (Å²) in [5.74, 6) is 1.01. The van der Waals surface area contributed by atoms with Crippen molar-refractivity contribution >= 4 is 6.29 Å². The van der Waals surface area contributed by atoms with E-state index in [1.807, 2.05) is 6.07 Å². The van der Waals surface area contributed by atoms with E-state index in [2.05, 4.69) is 4.98 Å². The van der Waals surface area contributed by atoms with Gasteiger partial charge >= 0.3 is 0 Å². The topological polar surface area (TPSA) is 39.2 Å². The van der Waals surface area contributed by atoms with Crippen LogP contribution in [0.25, 0.3) is 0 Å². The van der Waals surface area contributed by atoms with Crippen LogP contribution in [0.1, 0.15) is 47.7 Å². The third kappa shape index (κ3) is 2.01. The first-order valence-electron chi connectivity index (χ1n) is 5.35. The molecule has 0 N–H and O–H groups in total. The zero-order valence-electron chi connectivity index (χ0n) is 8.90. The first-order chi connectivity index (χ1) is 7.35. The molecule has 0 saturated heterocycles. The van der Waals surface area contributed by atoms with E-state index in [9.17, 15) is 4.79 Å². The van der Waals surface area contributed by atoms with Crippen molar-refractivity contribution in [3.63, 3.8) is 0 Å². The molecule has 1 aromatic rings. The second-order valence-electron chi connectivity index (χ2n) is 3.93. The van der Waals surface area contributed by atoms with Gasteiger partial charge in [-0.2, -0.15) is 0 Å². The van der Waals surface area contributed by atoms with Crippen molar-refractivity contribution in [3.05, 3.63) is 23.4 Å². The van der Waals surface area contributed by atoms with Crippen LogP contribution >= 0.6 is 0 Å². The van der Waals surface area contributed by atoms with E-state index >= 15 is 0 Å². The summed E-state index contributed by atoms with van der Waals surface area (Å²) in [6.07, 6.45) is 5.76. The smallest absolute Gasteiger partial charge is 0.224 e. The lowest BCUT2D eigenvalue weighted by Gasteiger charge is -2.10. The quantitative estimate of drug-likeness (QED) is 0.712. The molecule has 1 aliphatic rings. The Morgan fingerprint density at radius 3 is 2.73 bits per heavy atom. The van der Waals surface area contributed by atoms with E-state index in [0.717, 1.165) is 12.0 Å². The molecule has 0 atom stereocenters. The average Bonchev–Trinajstić information content (AvgIpc) is 2.81. The van der Waals surface area contributed by atoms with Crippen LogP contribution in [0, 0.1) is 0 Å². The highest BCUT2D eigenvalue weighted by atomic mass is 16.5. The van der Waals surface area contributed by atoms with Crippen LogP contribution in [0.2, 0.25) is 0 Å². The van der Waals surface area contributed by atoms with E-state index in [1.165, 1.54) is 25.7 Å². The molecule has 0 amide bonds. The third-order valence-corrected chi connectivity index (χ3v) is 3.01. The Labute approximate surface area is 89.5 Å². The molecule has 80 valence electrons. The van der Waals surface area contributed by atoms with Gasteiger partial charge in [0.2, 0.25) is 5.88 Å². The van der Waals surface area contributed by atoms with Crippen LogP contribution in [0.5, 0.6) is 5.88 Å². The molecule has 2 rings (SSSR count). The second-order valence-corrected chi connectivity index (χ2v) is 3.93. The number of hydrogen-bond donors (Lipinski definition) is 0. The number of ether oxygens (including phenoxy) is 1. The van der Waals surface area contributed by atoms with E-state index in [0.29, 0.717) is 17.4 Å². The molecule has 0 unspecified atom stereocenters. The molecule has 3 heteroatoms. The summed E-state index contributed by atoms with van der Waals surface area (Å²) in [5.41, 5.74) is 1.59. The zero-order chi connectivity index (χ0) is 10.7. The number of carbonyl (C=O) groups excluding carboxylic acids is 1. The minimum atomic E-state index is 0.453. The molecule has 15 heavy (non-hydrogen) atoms. The molecule has 0 aliphatic heterocycles. The van der Waals surface area contributed by atoms with Crippen molar-refractivity contribution in [2.75, 3.05) is 7.11 Å². The van der Waals surface area contributed by atoms with Crippen molar-refractivity contribution in [2.45, 2.75) is 31.6 Å². The van der Waals surface area contributed by atoms with Crippen LogP contribution in [-0.4, -0.2) is 18.4 Å². The summed E-state index contributed by atoms with van der Waals surface area (Å²) < 4.78 is 5.09. The van der Waals surface area contributed by atoms with Gasteiger partial charge in [0.25, 0.3) is 0 Å². The SMILES string of the molecule is COc1nc(C2CCCC2)ccc1C=O. The van der Waals surface area contributed by atoms with Crippen molar-refractivity contribution in [1.82, 2.24) is 4.98 Å². The maximum atomic E-state index is 10.7. The highest BCUT2D eigenvalue weighted by molar-refractivity contribution is 5.78. The van der Waals surface area contributed by atoms with Gasteiger partial charge in [-0.25, -0.2) is 4.98 Å². The fourth-order valence-corrected chi connectivity index (χ4v) is 2.17. The molecule has 3 nitrogen and oxygen atoms in total. The fraction of sp³-hybridized carbons (Fsp3) is 0.500. The monoisotopic (exact) mass is 205 g/mol. The molecule has 1 heterocycles. The molecular weight excluding hydrogens is 190 g/mol. The summed E-state index contributed by atoms with van der Waals surface area (Å²) >= 11 is 0. The number of aldehydes is 1. The number of rotatable bonds is 3.